The molecule has 0 radical (unpaired) electrons. The van der Waals surface area contributed by atoms with Gasteiger partial charge in [-0.1, -0.05) is 36.4 Å². The predicted molar refractivity (Wildman–Crippen MR) is 84.4 cm³/mol. The average molecular weight is 323 g/mol. The van der Waals surface area contributed by atoms with Crippen molar-refractivity contribution in [2.75, 3.05) is 7.11 Å². The lowest BCUT2D eigenvalue weighted by Gasteiger charge is -2.16. The van der Waals surface area contributed by atoms with Crippen molar-refractivity contribution >= 4 is 0 Å². The quantitative estimate of drug-likeness (QED) is 0.849. The van der Waals surface area contributed by atoms with E-state index in [1.807, 2.05) is 31.2 Å². The van der Waals surface area contributed by atoms with E-state index in [0.29, 0.717) is 18.5 Å². The van der Waals surface area contributed by atoms with Gasteiger partial charge in [-0.2, -0.15) is 13.2 Å². The van der Waals surface area contributed by atoms with E-state index in [0.717, 1.165) is 17.4 Å². The Labute approximate surface area is 134 Å². The summed E-state index contributed by atoms with van der Waals surface area (Å²) in [4.78, 5) is 0. The Morgan fingerprint density at radius 2 is 1.83 bits per heavy atom. The molecule has 0 amide bonds. The monoisotopic (exact) mass is 323 g/mol. The van der Waals surface area contributed by atoms with Crippen LogP contribution in [-0.4, -0.2) is 13.2 Å². The van der Waals surface area contributed by atoms with Crippen LogP contribution in [0.25, 0.3) is 0 Å². The van der Waals surface area contributed by atoms with Gasteiger partial charge >= 0.3 is 6.18 Å². The van der Waals surface area contributed by atoms with E-state index in [1.165, 1.54) is 12.1 Å². The fraction of sp³-hybridized carbons (Fsp3) is 0.333. The van der Waals surface area contributed by atoms with Crippen molar-refractivity contribution in [2.24, 2.45) is 0 Å². The molecule has 0 heterocycles. The van der Waals surface area contributed by atoms with Crippen LogP contribution < -0.4 is 10.1 Å². The van der Waals surface area contributed by atoms with Crippen LogP contribution in [0.5, 0.6) is 5.75 Å². The molecule has 0 aliphatic rings. The van der Waals surface area contributed by atoms with Crippen LogP contribution in [0.2, 0.25) is 0 Å². The molecule has 0 saturated carbocycles. The molecular weight excluding hydrogens is 303 g/mol. The second kappa shape index (κ2) is 7.51. The molecule has 1 N–H and O–H groups in total. The molecule has 0 aromatic heterocycles. The number of hydrogen-bond donors (Lipinski definition) is 1. The maximum Gasteiger partial charge on any atom is 0.416 e. The molecule has 0 fully saturated rings. The fourth-order valence-electron chi connectivity index (χ4n) is 2.43. The van der Waals surface area contributed by atoms with Gasteiger partial charge in [-0.15, -0.1) is 0 Å². The summed E-state index contributed by atoms with van der Waals surface area (Å²) in [6.45, 7) is 2.56. The third-order valence-corrected chi connectivity index (χ3v) is 3.63. The number of benzene rings is 2. The van der Waals surface area contributed by atoms with Crippen LogP contribution in [-0.2, 0) is 19.1 Å². The lowest BCUT2D eigenvalue weighted by molar-refractivity contribution is -0.137. The van der Waals surface area contributed by atoms with E-state index in [-0.39, 0.29) is 6.04 Å². The highest BCUT2D eigenvalue weighted by molar-refractivity contribution is 5.33. The first-order valence-electron chi connectivity index (χ1n) is 7.41. The van der Waals surface area contributed by atoms with Gasteiger partial charge < -0.3 is 10.1 Å². The van der Waals surface area contributed by atoms with Gasteiger partial charge in [-0.25, -0.2) is 0 Å². The molecule has 0 aliphatic heterocycles. The molecule has 2 aromatic carbocycles. The minimum absolute atomic E-state index is 0.0448. The van der Waals surface area contributed by atoms with Gasteiger partial charge in [-0.3, -0.25) is 0 Å². The summed E-state index contributed by atoms with van der Waals surface area (Å²) in [6, 6.07) is 13.2. The van der Waals surface area contributed by atoms with Crippen molar-refractivity contribution in [3.05, 3.63) is 65.2 Å². The highest BCUT2D eigenvalue weighted by atomic mass is 19.4. The Hall–Kier alpha value is -2.01. The highest BCUT2D eigenvalue weighted by Gasteiger charge is 2.30. The van der Waals surface area contributed by atoms with Crippen molar-refractivity contribution in [3.8, 4) is 5.75 Å². The fourth-order valence-corrected chi connectivity index (χ4v) is 2.43. The van der Waals surface area contributed by atoms with Crippen LogP contribution in [0.3, 0.4) is 0 Å². The number of halogens is 3. The number of methoxy groups -OCH3 is 1. The van der Waals surface area contributed by atoms with Crippen molar-refractivity contribution < 1.29 is 17.9 Å². The molecule has 0 spiro atoms. The van der Waals surface area contributed by atoms with Crippen molar-refractivity contribution in [3.63, 3.8) is 0 Å². The zero-order valence-electron chi connectivity index (χ0n) is 13.2. The maximum atomic E-state index is 12.7. The Morgan fingerprint density at radius 1 is 1.09 bits per heavy atom. The molecule has 1 atom stereocenters. The Kier molecular flexibility index (Phi) is 5.66. The summed E-state index contributed by atoms with van der Waals surface area (Å²) in [5.41, 5.74) is 1.08. The molecule has 0 aliphatic carbocycles. The summed E-state index contributed by atoms with van der Waals surface area (Å²) < 4.78 is 43.5. The zero-order chi connectivity index (χ0) is 16.9. The van der Waals surface area contributed by atoms with Crippen LogP contribution in [0, 0.1) is 0 Å². The summed E-state index contributed by atoms with van der Waals surface area (Å²) >= 11 is 0. The SMILES string of the molecule is COc1ccccc1CN[C@@H](C)Cc1cccc(C(F)(F)F)c1. The third kappa shape index (κ3) is 4.99. The molecule has 23 heavy (non-hydrogen) atoms. The van der Waals surface area contributed by atoms with E-state index >= 15 is 0 Å². The molecule has 2 nitrogen and oxygen atoms in total. The molecule has 0 bridgehead atoms. The van der Waals surface area contributed by atoms with Gasteiger partial charge in [0.25, 0.3) is 0 Å². The number of rotatable bonds is 6. The normalized spacial score (nSPS) is 12.9. The second-order valence-electron chi connectivity index (χ2n) is 5.50. The molecule has 0 unspecified atom stereocenters. The Bertz CT molecular complexity index is 640. The van der Waals surface area contributed by atoms with E-state index in [4.69, 9.17) is 4.74 Å². The van der Waals surface area contributed by atoms with Gasteiger partial charge in [-0.05, 0) is 31.0 Å². The first-order valence-corrected chi connectivity index (χ1v) is 7.41. The molecule has 2 rings (SSSR count). The molecule has 0 saturated heterocycles. The van der Waals surface area contributed by atoms with E-state index in [1.54, 1.807) is 13.2 Å². The summed E-state index contributed by atoms with van der Waals surface area (Å²) in [5.74, 6) is 0.797. The zero-order valence-corrected chi connectivity index (χ0v) is 13.2. The largest absolute Gasteiger partial charge is 0.496 e. The van der Waals surface area contributed by atoms with Crippen molar-refractivity contribution in [2.45, 2.75) is 32.1 Å². The number of para-hydroxylation sites is 1. The number of nitrogens with one attached hydrogen (secondary N) is 1. The van der Waals surface area contributed by atoms with Crippen molar-refractivity contribution in [1.29, 1.82) is 0 Å². The third-order valence-electron chi connectivity index (χ3n) is 3.63. The summed E-state index contributed by atoms with van der Waals surface area (Å²) in [6.07, 6.45) is -3.77. The van der Waals surface area contributed by atoms with Gasteiger partial charge in [0.1, 0.15) is 5.75 Å². The number of ether oxygens (including phenoxy) is 1. The topological polar surface area (TPSA) is 21.3 Å². The number of alkyl halides is 3. The number of hydrogen-bond acceptors (Lipinski definition) is 2. The first kappa shape index (κ1) is 17.3. The molecular formula is C18H20F3NO. The van der Waals surface area contributed by atoms with E-state index in [2.05, 4.69) is 5.32 Å². The van der Waals surface area contributed by atoms with Gasteiger partial charge in [0.15, 0.2) is 0 Å². The maximum absolute atomic E-state index is 12.7. The van der Waals surface area contributed by atoms with Crippen LogP contribution >= 0.6 is 0 Å². The van der Waals surface area contributed by atoms with E-state index < -0.39 is 11.7 Å². The standard InChI is InChI=1S/C18H20F3NO/c1-13(22-12-15-7-3-4-9-17(15)23-2)10-14-6-5-8-16(11-14)18(19,20)21/h3-9,11,13,22H,10,12H2,1-2H3/t13-/m0/s1. The van der Waals surface area contributed by atoms with Crippen LogP contribution in [0.4, 0.5) is 13.2 Å². The average Bonchev–Trinajstić information content (AvgIpc) is 2.52. The smallest absolute Gasteiger partial charge is 0.416 e. The van der Waals surface area contributed by atoms with Gasteiger partial charge in [0.05, 0.1) is 12.7 Å². The van der Waals surface area contributed by atoms with Crippen LogP contribution in [0.1, 0.15) is 23.6 Å². The van der Waals surface area contributed by atoms with Gasteiger partial charge in [0.2, 0.25) is 0 Å². The lowest BCUT2D eigenvalue weighted by atomic mass is 10.0. The van der Waals surface area contributed by atoms with Crippen molar-refractivity contribution in [1.82, 2.24) is 5.32 Å². The van der Waals surface area contributed by atoms with Gasteiger partial charge in [0, 0.05) is 18.2 Å². The first-order chi connectivity index (χ1) is 10.9. The molecule has 5 heteroatoms. The van der Waals surface area contributed by atoms with E-state index in [9.17, 15) is 13.2 Å². The molecule has 124 valence electrons. The minimum atomic E-state index is -4.30. The second-order valence-corrected chi connectivity index (χ2v) is 5.50. The highest BCUT2D eigenvalue weighted by Crippen LogP contribution is 2.29. The minimum Gasteiger partial charge on any atom is -0.496 e. The lowest BCUT2D eigenvalue weighted by Crippen LogP contribution is -2.27. The summed E-state index contributed by atoms with van der Waals surface area (Å²) in [7, 11) is 1.62. The van der Waals surface area contributed by atoms with Crippen LogP contribution in [0.15, 0.2) is 48.5 Å². The summed E-state index contributed by atoms with van der Waals surface area (Å²) in [5, 5.41) is 3.32. The Balaban J connectivity index is 1.96. The Morgan fingerprint density at radius 3 is 2.52 bits per heavy atom. The molecule has 2 aromatic rings. The predicted octanol–water partition coefficient (Wildman–Crippen LogP) is 4.43.